The summed E-state index contributed by atoms with van der Waals surface area (Å²) in [4.78, 5) is 14.5. The van der Waals surface area contributed by atoms with Gasteiger partial charge in [-0.25, -0.2) is 0 Å². The molecule has 0 fully saturated rings. The van der Waals surface area contributed by atoms with Crippen LogP contribution in [0.4, 0.5) is 11.4 Å². The predicted molar refractivity (Wildman–Crippen MR) is 72.2 cm³/mol. The van der Waals surface area contributed by atoms with E-state index in [1.807, 2.05) is 0 Å². The topological polar surface area (TPSA) is 94.1 Å². The lowest BCUT2D eigenvalue weighted by atomic mass is 10.1. The second-order valence-corrected chi connectivity index (χ2v) is 4.14. The van der Waals surface area contributed by atoms with Crippen molar-refractivity contribution in [1.29, 1.82) is 0 Å². The van der Waals surface area contributed by atoms with Crippen LogP contribution >= 0.6 is 0 Å². The van der Waals surface area contributed by atoms with Gasteiger partial charge in [0, 0.05) is 35.6 Å². The summed E-state index contributed by atoms with van der Waals surface area (Å²) in [5, 5.41) is 19.0. The molecule has 0 amide bonds. The van der Waals surface area contributed by atoms with Crippen LogP contribution in [0.1, 0.15) is 5.76 Å². The summed E-state index contributed by atoms with van der Waals surface area (Å²) in [5.74, 6) is 0.686. The molecule has 0 radical (unpaired) electrons. The molecule has 7 heteroatoms. The van der Waals surface area contributed by atoms with Crippen LogP contribution in [-0.4, -0.2) is 15.1 Å². The number of nitro groups is 1. The summed E-state index contributed by atoms with van der Waals surface area (Å²) in [6, 6.07) is 6.64. The van der Waals surface area contributed by atoms with Crippen LogP contribution in [-0.2, 0) is 6.54 Å². The van der Waals surface area contributed by atoms with Crippen molar-refractivity contribution in [3.8, 4) is 0 Å². The van der Waals surface area contributed by atoms with Gasteiger partial charge in [-0.05, 0) is 12.1 Å². The van der Waals surface area contributed by atoms with E-state index in [1.54, 1.807) is 30.6 Å². The number of nitro benzene ring substituents is 1. The monoisotopic (exact) mass is 270 g/mol. The highest BCUT2D eigenvalue weighted by Gasteiger charge is 2.14. The van der Waals surface area contributed by atoms with Crippen LogP contribution in [0.15, 0.2) is 47.4 Å². The molecule has 0 aliphatic rings. The van der Waals surface area contributed by atoms with E-state index in [9.17, 15) is 10.1 Å². The number of hydrogen-bond acceptors (Lipinski definition) is 6. The minimum absolute atomic E-state index is 0.0401. The molecular formula is C13H10N4O3. The van der Waals surface area contributed by atoms with Gasteiger partial charge in [-0.3, -0.25) is 15.1 Å². The number of hydrogen-bond donors (Lipinski definition) is 1. The van der Waals surface area contributed by atoms with Gasteiger partial charge in [0.05, 0.1) is 23.1 Å². The van der Waals surface area contributed by atoms with Gasteiger partial charge >= 0.3 is 0 Å². The smallest absolute Gasteiger partial charge is 0.278 e. The molecule has 3 aromatic rings. The second-order valence-electron chi connectivity index (χ2n) is 4.14. The van der Waals surface area contributed by atoms with Crippen molar-refractivity contribution in [2.24, 2.45) is 0 Å². The number of nitrogens with zero attached hydrogens (tertiary/aromatic N) is 3. The zero-order valence-corrected chi connectivity index (χ0v) is 10.3. The van der Waals surface area contributed by atoms with Crippen LogP contribution in [0, 0.1) is 10.1 Å². The zero-order chi connectivity index (χ0) is 13.9. The Hall–Kier alpha value is -2.96. The number of nitrogens with one attached hydrogen (secondary N) is 1. The molecule has 20 heavy (non-hydrogen) atoms. The van der Waals surface area contributed by atoms with Gasteiger partial charge < -0.3 is 9.84 Å². The lowest BCUT2D eigenvalue weighted by molar-refractivity contribution is -0.383. The summed E-state index contributed by atoms with van der Waals surface area (Å²) >= 11 is 0. The minimum atomic E-state index is -0.412. The first-order valence-corrected chi connectivity index (χ1v) is 5.90. The Bertz CT molecular complexity index is 755. The van der Waals surface area contributed by atoms with E-state index in [0.29, 0.717) is 17.7 Å². The molecule has 0 atom stereocenters. The van der Waals surface area contributed by atoms with E-state index in [4.69, 9.17) is 4.52 Å². The lowest BCUT2D eigenvalue weighted by Crippen LogP contribution is -2.00. The highest BCUT2D eigenvalue weighted by Crippen LogP contribution is 2.30. The minimum Gasteiger partial charge on any atom is -0.377 e. The number of rotatable bonds is 4. The molecule has 0 unspecified atom stereocenters. The fraction of sp³-hybridized carbons (Fsp3) is 0.0769. The highest BCUT2D eigenvalue weighted by molar-refractivity contribution is 5.99. The van der Waals surface area contributed by atoms with Crippen molar-refractivity contribution in [2.75, 3.05) is 5.32 Å². The molecule has 100 valence electrons. The normalized spacial score (nSPS) is 10.6. The maximum absolute atomic E-state index is 11.0. The molecular weight excluding hydrogens is 260 g/mol. The molecule has 3 rings (SSSR count). The molecule has 2 heterocycles. The Morgan fingerprint density at radius 1 is 1.20 bits per heavy atom. The SMILES string of the molecule is O=[N+]([O-])c1ccc(NCc2ccno2)c2ccncc12. The van der Waals surface area contributed by atoms with Crippen molar-refractivity contribution in [3.05, 3.63) is 58.7 Å². The first-order chi connectivity index (χ1) is 9.75. The van der Waals surface area contributed by atoms with Crippen LogP contribution < -0.4 is 5.32 Å². The average molecular weight is 270 g/mol. The zero-order valence-electron chi connectivity index (χ0n) is 10.3. The number of non-ortho nitro benzene ring substituents is 1. The third-order valence-corrected chi connectivity index (χ3v) is 2.94. The first kappa shape index (κ1) is 12.1. The van der Waals surface area contributed by atoms with Gasteiger partial charge in [0.25, 0.3) is 5.69 Å². The third kappa shape index (κ3) is 2.16. The number of pyridine rings is 1. The van der Waals surface area contributed by atoms with Crippen LogP contribution in [0.3, 0.4) is 0 Å². The van der Waals surface area contributed by atoms with Crippen LogP contribution in [0.5, 0.6) is 0 Å². The van der Waals surface area contributed by atoms with Gasteiger partial charge in [-0.2, -0.15) is 0 Å². The lowest BCUT2D eigenvalue weighted by Gasteiger charge is -2.08. The summed E-state index contributed by atoms with van der Waals surface area (Å²) in [5.41, 5.74) is 0.822. The van der Waals surface area contributed by atoms with E-state index in [1.165, 1.54) is 12.3 Å². The maximum atomic E-state index is 11.0. The summed E-state index contributed by atoms with van der Waals surface area (Å²) in [7, 11) is 0. The summed E-state index contributed by atoms with van der Waals surface area (Å²) in [6.45, 7) is 0.454. The number of aromatic nitrogens is 2. The van der Waals surface area contributed by atoms with Gasteiger partial charge in [-0.15, -0.1) is 0 Å². The van der Waals surface area contributed by atoms with Crippen molar-refractivity contribution in [2.45, 2.75) is 6.54 Å². The molecule has 1 aromatic carbocycles. The Balaban J connectivity index is 1.99. The summed E-state index contributed by atoms with van der Waals surface area (Å²) in [6.07, 6.45) is 4.66. The largest absolute Gasteiger partial charge is 0.377 e. The van der Waals surface area contributed by atoms with Gasteiger partial charge in [0.2, 0.25) is 0 Å². The Morgan fingerprint density at radius 2 is 2.10 bits per heavy atom. The molecule has 0 bridgehead atoms. The van der Waals surface area contributed by atoms with Crippen molar-refractivity contribution in [3.63, 3.8) is 0 Å². The molecule has 0 aliphatic heterocycles. The van der Waals surface area contributed by atoms with E-state index in [0.717, 1.165) is 11.1 Å². The highest BCUT2D eigenvalue weighted by atomic mass is 16.6. The number of anilines is 1. The third-order valence-electron chi connectivity index (χ3n) is 2.94. The maximum Gasteiger partial charge on any atom is 0.278 e. The van der Waals surface area contributed by atoms with Gasteiger partial charge in [-0.1, -0.05) is 5.16 Å². The van der Waals surface area contributed by atoms with Crippen molar-refractivity contribution < 1.29 is 9.45 Å². The fourth-order valence-corrected chi connectivity index (χ4v) is 2.00. The van der Waals surface area contributed by atoms with Crippen molar-refractivity contribution in [1.82, 2.24) is 10.1 Å². The quantitative estimate of drug-likeness (QED) is 0.578. The van der Waals surface area contributed by atoms with Gasteiger partial charge in [0.15, 0.2) is 5.76 Å². The number of fused-ring (bicyclic) bond motifs is 1. The molecule has 0 aliphatic carbocycles. The molecule has 0 saturated carbocycles. The molecule has 0 saturated heterocycles. The van der Waals surface area contributed by atoms with Crippen LogP contribution in [0.2, 0.25) is 0 Å². The first-order valence-electron chi connectivity index (χ1n) is 5.90. The molecule has 1 N–H and O–H groups in total. The Kier molecular flexibility index (Phi) is 3.00. The van der Waals surface area contributed by atoms with Crippen LogP contribution in [0.25, 0.3) is 10.8 Å². The second kappa shape index (κ2) is 4.96. The standard InChI is InChI=1S/C13H10N4O3/c18-17(19)13-2-1-12(10-4-5-14-8-11(10)13)15-7-9-3-6-16-20-9/h1-6,8,15H,7H2. The number of benzene rings is 1. The summed E-state index contributed by atoms with van der Waals surface area (Å²) < 4.78 is 5.00. The Labute approximate surface area is 113 Å². The average Bonchev–Trinajstić information content (AvgIpc) is 2.97. The molecule has 2 aromatic heterocycles. The van der Waals surface area contributed by atoms with Gasteiger partial charge in [0.1, 0.15) is 0 Å². The Morgan fingerprint density at radius 3 is 2.85 bits per heavy atom. The molecule has 0 spiro atoms. The predicted octanol–water partition coefficient (Wildman–Crippen LogP) is 2.74. The van der Waals surface area contributed by atoms with E-state index < -0.39 is 4.92 Å². The van der Waals surface area contributed by atoms with E-state index >= 15 is 0 Å². The van der Waals surface area contributed by atoms with Crippen molar-refractivity contribution >= 4 is 22.1 Å². The van der Waals surface area contributed by atoms with E-state index in [-0.39, 0.29) is 5.69 Å². The fourth-order valence-electron chi connectivity index (χ4n) is 2.00. The van der Waals surface area contributed by atoms with E-state index in [2.05, 4.69) is 15.5 Å². The molecule has 7 nitrogen and oxygen atoms in total.